The van der Waals surface area contributed by atoms with Gasteiger partial charge in [0.2, 0.25) is 0 Å². The van der Waals surface area contributed by atoms with Crippen LogP contribution in [0.4, 0.5) is 0 Å². The van der Waals surface area contributed by atoms with E-state index in [1.807, 2.05) is 30.3 Å². The van der Waals surface area contributed by atoms with Gasteiger partial charge in [0.25, 0.3) is 11.8 Å². The lowest BCUT2D eigenvalue weighted by atomic mass is 10.1. The van der Waals surface area contributed by atoms with Crippen LogP contribution in [0.1, 0.15) is 22.8 Å². The van der Waals surface area contributed by atoms with Crippen molar-refractivity contribution in [2.45, 2.75) is 6.92 Å². The molecule has 0 aliphatic heterocycles. The topological polar surface area (TPSA) is 79.8 Å². The highest BCUT2D eigenvalue weighted by Crippen LogP contribution is 2.15. The Morgan fingerprint density at radius 2 is 1.80 bits per heavy atom. The Labute approximate surface area is 154 Å². The van der Waals surface area contributed by atoms with E-state index in [9.17, 15) is 9.59 Å². The van der Waals surface area contributed by atoms with Gasteiger partial charge < -0.3 is 10.1 Å². The lowest BCUT2D eigenvalue weighted by molar-refractivity contribution is -0.120. The fourth-order valence-corrected chi connectivity index (χ4v) is 2.45. The molecule has 0 unspecified atom stereocenters. The van der Waals surface area contributed by atoms with E-state index in [1.54, 1.807) is 32.2 Å². The fourth-order valence-electron chi connectivity index (χ4n) is 1.98. The number of halogens is 1. The molecule has 2 aromatic carbocycles. The molecule has 0 atom stereocenters. The summed E-state index contributed by atoms with van der Waals surface area (Å²) in [4.78, 5) is 23.9. The number of carbonyl (C=O) groups excluding carboxylic acids is 2. The van der Waals surface area contributed by atoms with Crippen LogP contribution in [0, 0.1) is 0 Å². The summed E-state index contributed by atoms with van der Waals surface area (Å²) in [6.45, 7) is 1.61. The van der Waals surface area contributed by atoms with Crippen LogP contribution in [-0.2, 0) is 4.79 Å². The fraction of sp³-hybridized carbons (Fsp3) is 0.167. The van der Waals surface area contributed by atoms with Gasteiger partial charge in [-0.2, -0.15) is 5.10 Å². The van der Waals surface area contributed by atoms with Gasteiger partial charge in [-0.05, 0) is 64.8 Å². The predicted molar refractivity (Wildman–Crippen MR) is 99.8 cm³/mol. The zero-order valence-corrected chi connectivity index (χ0v) is 15.5. The zero-order chi connectivity index (χ0) is 18.2. The molecule has 0 fully saturated rings. The molecule has 130 valence electrons. The molecule has 7 heteroatoms. The van der Waals surface area contributed by atoms with E-state index in [1.165, 1.54) is 0 Å². The van der Waals surface area contributed by atoms with Crippen molar-refractivity contribution in [3.05, 3.63) is 64.1 Å². The highest BCUT2D eigenvalue weighted by atomic mass is 79.9. The smallest absolute Gasteiger partial charge is 0.259 e. The molecule has 0 aliphatic rings. The summed E-state index contributed by atoms with van der Waals surface area (Å²) in [6.07, 6.45) is 0. The van der Waals surface area contributed by atoms with Crippen molar-refractivity contribution in [2.24, 2.45) is 5.10 Å². The largest absolute Gasteiger partial charge is 0.497 e. The average molecular weight is 404 g/mol. The summed E-state index contributed by atoms with van der Waals surface area (Å²) in [7, 11) is 1.60. The quantitative estimate of drug-likeness (QED) is 0.574. The van der Waals surface area contributed by atoms with Gasteiger partial charge in [-0.1, -0.05) is 12.1 Å². The van der Waals surface area contributed by atoms with Crippen LogP contribution >= 0.6 is 15.9 Å². The molecule has 6 nitrogen and oxygen atoms in total. The molecule has 0 aliphatic carbocycles. The molecule has 0 spiro atoms. The van der Waals surface area contributed by atoms with Crippen LogP contribution in [0.5, 0.6) is 5.75 Å². The number of amides is 2. The molecule has 0 saturated carbocycles. The number of hydrazone groups is 1. The Balaban J connectivity index is 1.87. The molecular formula is C18H18BrN3O3. The van der Waals surface area contributed by atoms with E-state index in [-0.39, 0.29) is 12.5 Å². The van der Waals surface area contributed by atoms with Crippen molar-refractivity contribution in [3.63, 3.8) is 0 Å². The van der Waals surface area contributed by atoms with Crippen molar-refractivity contribution in [1.29, 1.82) is 0 Å². The van der Waals surface area contributed by atoms with Gasteiger partial charge in [0.05, 0.1) is 24.9 Å². The first kappa shape index (κ1) is 18.7. The third kappa shape index (κ3) is 5.42. The number of ether oxygens (including phenoxy) is 1. The highest BCUT2D eigenvalue weighted by Gasteiger charge is 2.10. The minimum Gasteiger partial charge on any atom is -0.497 e. The number of carbonyl (C=O) groups is 2. The number of benzene rings is 2. The first-order valence-electron chi connectivity index (χ1n) is 7.51. The van der Waals surface area contributed by atoms with Gasteiger partial charge in [-0.15, -0.1) is 0 Å². The van der Waals surface area contributed by atoms with E-state index in [0.717, 1.165) is 11.3 Å². The summed E-state index contributed by atoms with van der Waals surface area (Å²) in [5.41, 5.74) is 4.39. The third-order valence-corrected chi connectivity index (χ3v) is 4.08. The summed E-state index contributed by atoms with van der Waals surface area (Å²) >= 11 is 3.30. The normalized spacial score (nSPS) is 10.9. The summed E-state index contributed by atoms with van der Waals surface area (Å²) in [6, 6.07) is 14.3. The first-order chi connectivity index (χ1) is 12.0. The maximum atomic E-state index is 12.0. The van der Waals surface area contributed by atoms with Crippen LogP contribution in [0.25, 0.3) is 0 Å². The van der Waals surface area contributed by atoms with Crippen LogP contribution in [-0.4, -0.2) is 31.2 Å². The van der Waals surface area contributed by atoms with Gasteiger partial charge in [-0.3, -0.25) is 9.59 Å². The maximum Gasteiger partial charge on any atom is 0.259 e. The Morgan fingerprint density at radius 3 is 2.44 bits per heavy atom. The van der Waals surface area contributed by atoms with E-state index >= 15 is 0 Å². The van der Waals surface area contributed by atoms with Crippen molar-refractivity contribution in [2.75, 3.05) is 13.7 Å². The lowest BCUT2D eigenvalue weighted by Crippen LogP contribution is -2.35. The second-order valence-corrected chi connectivity index (χ2v) is 5.98. The molecule has 0 saturated heterocycles. The van der Waals surface area contributed by atoms with Gasteiger partial charge >= 0.3 is 0 Å². The van der Waals surface area contributed by atoms with Crippen LogP contribution in [0.15, 0.2) is 58.1 Å². The Bertz CT molecular complexity index is 788. The zero-order valence-electron chi connectivity index (χ0n) is 13.9. The number of nitrogens with one attached hydrogen (secondary N) is 2. The van der Waals surface area contributed by atoms with Crippen LogP contribution in [0.2, 0.25) is 0 Å². The molecule has 2 rings (SSSR count). The molecule has 2 amide bonds. The van der Waals surface area contributed by atoms with Crippen molar-refractivity contribution >= 4 is 33.5 Å². The molecule has 0 bridgehead atoms. The minimum absolute atomic E-state index is 0.167. The predicted octanol–water partition coefficient (Wildman–Crippen LogP) is 2.73. The number of hydrogen-bond donors (Lipinski definition) is 2. The van der Waals surface area contributed by atoms with Crippen molar-refractivity contribution in [3.8, 4) is 5.75 Å². The molecule has 25 heavy (non-hydrogen) atoms. The van der Waals surface area contributed by atoms with Crippen molar-refractivity contribution in [1.82, 2.24) is 10.7 Å². The standard InChI is InChI=1S/C18H18BrN3O3/c1-12(13-7-9-14(25-2)10-8-13)21-22-17(23)11-20-18(24)15-5-3-4-6-16(15)19/h3-10H,11H2,1-2H3,(H,20,24)(H,22,23)/b21-12+. The van der Waals surface area contributed by atoms with E-state index in [4.69, 9.17) is 4.74 Å². The highest BCUT2D eigenvalue weighted by molar-refractivity contribution is 9.10. The van der Waals surface area contributed by atoms with E-state index in [0.29, 0.717) is 15.7 Å². The van der Waals surface area contributed by atoms with E-state index < -0.39 is 5.91 Å². The molecule has 0 aromatic heterocycles. The van der Waals surface area contributed by atoms with E-state index in [2.05, 4.69) is 31.8 Å². The number of methoxy groups -OCH3 is 1. The number of nitrogens with zero attached hydrogens (tertiary/aromatic N) is 1. The Hall–Kier alpha value is -2.67. The van der Waals surface area contributed by atoms with Crippen molar-refractivity contribution < 1.29 is 14.3 Å². The Morgan fingerprint density at radius 1 is 1.12 bits per heavy atom. The number of rotatable bonds is 6. The van der Waals surface area contributed by atoms with Gasteiger partial charge in [0, 0.05) is 4.47 Å². The Kier molecular flexibility index (Phi) is 6.71. The first-order valence-corrected chi connectivity index (χ1v) is 8.31. The summed E-state index contributed by atoms with van der Waals surface area (Å²) in [5.74, 6) is 0.00196. The van der Waals surface area contributed by atoms with Gasteiger partial charge in [-0.25, -0.2) is 5.43 Å². The molecule has 2 aromatic rings. The minimum atomic E-state index is -0.409. The third-order valence-electron chi connectivity index (χ3n) is 3.38. The number of hydrogen-bond acceptors (Lipinski definition) is 4. The molecule has 0 radical (unpaired) electrons. The molecule has 2 N–H and O–H groups in total. The molecule has 0 heterocycles. The van der Waals surface area contributed by atoms with Crippen LogP contribution in [0.3, 0.4) is 0 Å². The SMILES string of the molecule is COc1ccc(/C(C)=N/NC(=O)CNC(=O)c2ccccc2Br)cc1. The second-order valence-electron chi connectivity index (χ2n) is 5.12. The molecular weight excluding hydrogens is 386 g/mol. The second kappa shape index (κ2) is 8.98. The monoisotopic (exact) mass is 403 g/mol. The lowest BCUT2D eigenvalue weighted by Gasteiger charge is -2.07. The van der Waals surface area contributed by atoms with Gasteiger partial charge in [0.15, 0.2) is 0 Å². The summed E-state index contributed by atoms with van der Waals surface area (Å²) in [5, 5.41) is 6.59. The summed E-state index contributed by atoms with van der Waals surface area (Å²) < 4.78 is 5.76. The average Bonchev–Trinajstić information content (AvgIpc) is 2.64. The maximum absolute atomic E-state index is 12.0. The van der Waals surface area contributed by atoms with Crippen LogP contribution < -0.4 is 15.5 Å². The van der Waals surface area contributed by atoms with Gasteiger partial charge in [0.1, 0.15) is 5.75 Å².